The lowest BCUT2D eigenvalue weighted by molar-refractivity contribution is 1.08. The van der Waals surface area contributed by atoms with Gasteiger partial charge in [-0.1, -0.05) is 25.1 Å². The van der Waals surface area contributed by atoms with Crippen LogP contribution in [0.3, 0.4) is 0 Å². The van der Waals surface area contributed by atoms with Crippen LogP contribution in [0.2, 0.25) is 0 Å². The van der Waals surface area contributed by atoms with Crippen LogP contribution in [-0.2, 0) is 6.42 Å². The molecule has 4 heteroatoms. The van der Waals surface area contributed by atoms with Gasteiger partial charge in [0.05, 0.1) is 5.69 Å². The average Bonchev–Trinajstić information content (AvgIpc) is 2.15. The van der Waals surface area contributed by atoms with Gasteiger partial charge in [-0.3, -0.25) is 10.9 Å². The van der Waals surface area contributed by atoms with Gasteiger partial charge in [-0.05, 0) is 30.3 Å². The van der Waals surface area contributed by atoms with Gasteiger partial charge in [0.25, 0.3) is 0 Å². The van der Waals surface area contributed by atoms with E-state index >= 15 is 0 Å². The summed E-state index contributed by atoms with van der Waals surface area (Å²) >= 11 is 4.68. The zero-order valence-electron chi connectivity index (χ0n) is 7.50. The first-order valence-electron chi connectivity index (χ1n) is 4.13. The topological polar surface area (TPSA) is 50.1 Å². The summed E-state index contributed by atoms with van der Waals surface area (Å²) in [5.41, 5.74) is 13.2. The molecule has 70 valence electrons. The molecule has 0 fully saturated rings. The predicted octanol–water partition coefficient (Wildman–Crippen LogP) is 1.41. The van der Waals surface area contributed by atoms with Gasteiger partial charge in [0.1, 0.15) is 0 Å². The Bertz CT molecular complexity index is 299. The Labute approximate surface area is 83.3 Å². The lowest BCUT2D eigenvalue weighted by atomic mass is 10.1. The predicted molar refractivity (Wildman–Crippen MR) is 59.4 cm³/mol. The Balaban J connectivity index is 2.69. The van der Waals surface area contributed by atoms with Gasteiger partial charge >= 0.3 is 0 Å². The number of aryl methyl sites for hydroxylation is 1. The molecule has 0 aromatic heterocycles. The number of nitrogens with two attached hydrogens (primary N) is 1. The van der Waals surface area contributed by atoms with Crippen molar-refractivity contribution < 1.29 is 0 Å². The van der Waals surface area contributed by atoms with E-state index in [0.717, 1.165) is 12.1 Å². The van der Waals surface area contributed by atoms with E-state index in [4.69, 9.17) is 5.73 Å². The maximum atomic E-state index is 5.29. The molecular formula is C9H13N3S. The standard InChI is InChI=1S/C9H13N3S/c1-2-7-5-3-4-6-8(7)11-12-9(10)13/h3-6,11H,2H2,1H3,(H3,10,12,13). The molecule has 0 unspecified atom stereocenters. The summed E-state index contributed by atoms with van der Waals surface area (Å²) in [4.78, 5) is 0. The monoisotopic (exact) mass is 195 g/mol. The quantitative estimate of drug-likeness (QED) is 0.504. The van der Waals surface area contributed by atoms with Gasteiger partial charge in [0, 0.05) is 0 Å². The number of hydrogen-bond acceptors (Lipinski definition) is 2. The molecule has 1 aromatic rings. The van der Waals surface area contributed by atoms with E-state index in [1.807, 2.05) is 18.2 Å². The van der Waals surface area contributed by atoms with Crippen molar-refractivity contribution in [3.8, 4) is 0 Å². The van der Waals surface area contributed by atoms with E-state index in [1.165, 1.54) is 5.56 Å². The third kappa shape index (κ3) is 2.91. The fourth-order valence-corrected chi connectivity index (χ4v) is 1.13. The maximum absolute atomic E-state index is 5.29. The summed E-state index contributed by atoms with van der Waals surface area (Å²) in [6, 6.07) is 8.00. The van der Waals surface area contributed by atoms with Crippen LogP contribution < -0.4 is 16.6 Å². The molecule has 3 nitrogen and oxygen atoms in total. The second-order valence-corrected chi connectivity index (χ2v) is 3.06. The second kappa shape index (κ2) is 4.67. The molecule has 4 N–H and O–H groups in total. The third-order valence-corrected chi connectivity index (χ3v) is 1.82. The van der Waals surface area contributed by atoms with Crippen molar-refractivity contribution in [3.63, 3.8) is 0 Å². The van der Waals surface area contributed by atoms with E-state index in [0.29, 0.717) is 0 Å². The minimum absolute atomic E-state index is 0.242. The maximum Gasteiger partial charge on any atom is 0.182 e. The highest BCUT2D eigenvalue weighted by molar-refractivity contribution is 7.80. The van der Waals surface area contributed by atoms with Crippen molar-refractivity contribution in [1.82, 2.24) is 5.43 Å². The van der Waals surface area contributed by atoms with Gasteiger partial charge in [-0.2, -0.15) is 0 Å². The number of hydrogen-bond donors (Lipinski definition) is 3. The number of rotatable bonds is 3. The number of nitrogens with one attached hydrogen (secondary N) is 2. The van der Waals surface area contributed by atoms with Crippen molar-refractivity contribution in [1.29, 1.82) is 0 Å². The van der Waals surface area contributed by atoms with Crippen molar-refractivity contribution in [2.24, 2.45) is 5.73 Å². The summed E-state index contributed by atoms with van der Waals surface area (Å²) in [7, 11) is 0. The number of benzene rings is 1. The highest BCUT2D eigenvalue weighted by Crippen LogP contribution is 2.13. The normalized spacial score (nSPS) is 9.31. The molecule has 0 aliphatic carbocycles. The first-order chi connectivity index (χ1) is 6.24. The van der Waals surface area contributed by atoms with E-state index in [2.05, 4.69) is 36.1 Å². The van der Waals surface area contributed by atoms with Crippen LogP contribution in [0, 0.1) is 0 Å². The minimum Gasteiger partial charge on any atom is -0.375 e. The van der Waals surface area contributed by atoms with Crippen LogP contribution in [0.25, 0.3) is 0 Å². The molecule has 0 amide bonds. The van der Waals surface area contributed by atoms with Crippen molar-refractivity contribution in [2.45, 2.75) is 13.3 Å². The molecule has 0 heterocycles. The fourth-order valence-electron chi connectivity index (χ4n) is 1.08. The molecular weight excluding hydrogens is 182 g/mol. The van der Waals surface area contributed by atoms with Gasteiger partial charge in [-0.25, -0.2) is 0 Å². The highest BCUT2D eigenvalue weighted by Gasteiger charge is 1.97. The summed E-state index contributed by atoms with van der Waals surface area (Å²) < 4.78 is 0. The van der Waals surface area contributed by atoms with E-state index < -0.39 is 0 Å². The number of para-hydroxylation sites is 1. The van der Waals surface area contributed by atoms with Crippen molar-refractivity contribution in [3.05, 3.63) is 29.8 Å². The van der Waals surface area contributed by atoms with Crippen LogP contribution in [0.4, 0.5) is 5.69 Å². The summed E-state index contributed by atoms with van der Waals surface area (Å²) in [6.45, 7) is 2.10. The molecule has 0 spiro atoms. The molecule has 0 saturated heterocycles. The third-order valence-electron chi connectivity index (χ3n) is 1.72. The van der Waals surface area contributed by atoms with Gasteiger partial charge in [0.2, 0.25) is 0 Å². The zero-order valence-corrected chi connectivity index (χ0v) is 8.32. The van der Waals surface area contributed by atoms with Crippen LogP contribution in [-0.4, -0.2) is 5.11 Å². The number of anilines is 1. The van der Waals surface area contributed by atoms with Crippen molar-refractivity contribution >= 4 is 23.0 Å². The molecule has 0 bridgehead atoms. The van der Waals surface area contributed by atoms with Crippen LogP contribution >= 0.6 is 12.2 Å². The summed E-state index contributed by atoms with van der Waals surface area (Å²) in [5.74, 6) is 0. The van der Waals surface area contributed by atoms with Gasteiger partial charge in [-0.15, -0.1) is 0 Å². The largest absolute Gasteiger partial charge is 0.375 e. The van der Waals surface area contributed by atoms with Crippen LogP contribution in [0.1, 0.15) is 12.5 Å². The van der Waals surface area contributed by atoms with E-state index in [1.54, 1.807) is 0 Å². The molecule has 0 saturated carbocycles. The number of thiocarbonyl (C=S) groups is 1. The fraction of sp³-hybridized carbons (Fsp3) is 0.222. The molecule has 0 atom stereocenters. The molecule has 0 radical (unpaired) electrons. The first-order valence-corrected chi connectivity index (χ1v) is 4.54. The lowest BCUT2D eigenvalue weighted by Gasteiger charge is -2.10. The molecule has 13 heavy (non-hydrogen) atoms. The van der Waals surface area contributed by atoms with Gasteiger partial charge in [0.15, 0.2) is 5.11 Å². The molecule has 1 rings (SSSR count). The van der Waals surface area contributed by atoms with E-state index in [9.17, 15) is 0 Å². The second-order valence-electron chi connectivity index (χ2n) is 2.62. The van der Waals surface area contributed by atoms with Crippen LogP contribution in [0.5, 0.6) is 0 Å². The Morgan fingerprint density at radius 3 is 2.77 bits per heavy atom. The minimum atomic E-state index is 0.242. The summed E-state index contributed by atoms with van der Waals surface area (Å²) in [5, 5.41) is 0.242. The molecule has 1 aromatic carbocycles. The number of hydrazine groups is 1. The Morgan fingerprint density at radius 2 is 2.15 bits per heavy atom. The smallest absolute Gasteiger partial charge is 0.182 e. The zero-order chi connectivity index (χ0) is 9.68. The van der Waals surface area contributed by atoms with Crippen LogP contribution in [0.15, 0.2) is 24.3 Å². The molecule has 0 aliphatic rings. The Kier molecular flexibility index (Phi) is 3.52. The first kappa shape index (κ1) is 9.80. The van der Waals surface area contributed by atoms with Crippen molar-refractivity contribution in [2.75, 3.05) is 5.43 Å². The van der Waals surface area contributed by atoms with E-state index in [-0.39, 0.29) is 5.11 Å². The molecule has 0 aliphatic heterocycles. The Hall–Kier alpha value is -1.29. The summed E-state index contributed by atoms with van der Waals surface area (Å²) in [6.07, 6.45) is 0.974. The lowest BCUT2D eigenvalue weighted by Crippen LogP contribution is -2.34. The Morgan fingerprint density at radius 1 is 1.46 bits per heavy atom. The highest BCUT2D eigenvalue weighted by atomic mass is 32.1. The average molecular weight is 195 g/mol. The van der Waals surface area contributed by atoms with Gasteiger partial charge < -0.3 is 5.73 Å². The SMILES string of the molecule is CCc1ccccc1NNC(N)=S.